The van der Waals surface area contributed by atoms with Gasteiger partial charge in [0.05, 0.1) is 22.4 Å². The number of benzene rings is 4. The fraction of sp³-hybridized carbons (Fsp3) is 0.0690. The van der Waals surface area contributed by atoms with E-state index >= 15 is 0 Å². The zero-order chi connectivity index (χ0) is 21.9. The molecule has 0 N–H and O–H groups in total. The summed E-state index contributed by atoms with van der Waals surface area (Å²) in [5, 5.41) is 2.20. The minimum atomic E-state index is 0.888. The Labute approximate surface area is 187 Å². The van der Waals surface area contributed by atoms with E-state index in [1.54, 1.807) is 0 Å². The van der Waals surface area contributed by atoms with Gasteiger partial charge in [-0.3, -0.25) is 9.98 Å². The lowest BCUT2D eigenvalue weighted by atomic mass is 10.1. The number of hydrogen-bond acceptors (Lipinski definition) is 3. The topological polar surface area (TPSA) is 37.6 Å². The normalized spacial score (nSPS) is 11.8. The molecule has 0 radical (unpaired) electrons. The molecule has 0 unspecified atom stereocenters. The van der Waals surface area contributed by atoms with Crippen LogP contribution in [0.3, 0.4) is 0 Å². The molecule has 0 aliphatic rings. The summed E-state index contributed by atoms with van der Waals surface area (Å²) in [7, 11) is 0. The third-order valence-corrected chi connectivity index (χ3v) is 5.39. The molecular formula is C29H23N3. The molecule has 0 fully saturated rings. The Morgan fingerprint density at radius 2 is 1.06 bits per heavy atom. The molecule has 0 spiro atoms. The lowest BCUT2D eigenvalue weighted by molar-refractivity contribution is 1.44. The van der Waals surface area contributed by atoms with E-state index in [0.717, 1.165) is 44.3 Å². The summed E-state index contributed by atoms with van der Waals surface area (Å²) in [4.78, 5) is 14.2. The third kappa shape index (κ3) is 4.47. The Hall–Kier alpha value is -4.11. The van der Waals surface area contributed by atoms with E-state index in [-0.39, 0.29) is 0 Å². The van der Waals surface area contributed by atoms with Crippen molar-refractivity contribution >= 4 is 45.6 Å². The number of pyridine rings is 1. The highest BCUT2D eigenvalue weighted by atomic mass is 14.7. The van der Waals surface area contributed by atoms with Gasteiger partial charge in [-0.2, -0.15) is 0 Å². The van der Waals surface area contributed by atoms with Gasteiger partial charge in [0.15, 0.2) is 0 Å². The number of hydrogen-bond donors (Lipinski definition) is 0. The highest BCUT2D eigenvalue weighted by Gasteiger charge is 2.03. The van der Waals surface area contributed by atoms with E-state index < -0.39 is 0 Å². The predicted molar refractivity (Wildman–Crippen MR) is 136 cm³/mol. The van der Waals surface area contributed by atoms with Crippen LogP contribution in [0.5, 0.6) is 0 Å². The summed E-state index contributed by atoms with van der Waals surface area (Å²) in [6, 6.07) is 31.1. The highest BCUT2D eigenvalue weighted by Crippen LogP contribution is 2.26. The van der Waals surface area contributed by atoms with Crippen molar-refractivity contribution in [1.82, 2.24) is 4.98 Å². The van der Waals surface area contributed by atoms with Gasteiger partial charge in [-0.25, -0.2) is 4.98 Å². The maximum absolute atomic E-state index is 4.89. The molecule has 1 heterocycles. The van der Waals surface area contributed by atoms with E-state index in [0.29, 0.717) is 0 Å². The quantitative estimate of drug-likeness (QED) is 0.222. The van der Waals surface area contributed by atoms with Gasteiger partial charge in [-0.05, 0) is 55.3 Å². The molecule has 1 aromatic heterocycles. The first-order valence-corrected chi connectivity index (χ1v) is 10.7. The van der Waals surface area contributed by atoms with E-state index in [9.17, 15) is 0 Å². The monoisotopic (exact) mass is 413 g/mol. The van der Waals surface area contributed by atoms with Gasteiger partial charge in [-0.1, -0.05) is 71.8 Å². The summed E-state index contributed by atoms with van der Waals surface area (Å²) >= 11 is 0. The molecule has 5 rings (SSSR count). The van der Waals surface area contributed by atoms with Crippen LogP contribution in [-0.4, -0.2) is 17.4 Å². The Kier molecular flexibility index (Phi) is 5.30. The SMILES string of the molecule is Cc1cccc(C=Nc2ccc3cc4ccc(N=Cc5cccc(C)c5)cc4nc3c2)c1. The molecule has 0 aliphatic carbocycles. The largest absolute Gasteiger partial charge is 0.256 e. The summed E-state index contributed by atoms with van der Waals surface area (Å²) in [5.74, 6) is 0. The maximum Gasteiger partial charge on any atom is 0.0731 e. The molecule has 3 nitrogen and oxygen atoms in total. The number of rotatable bonds is 4. The molecule has 0 amide bonds. The molecular weight excluding hydrogens is 390 g/mol. The number of fused-ring (bicyclic) bond motifs is 2. The molecule has 154 valence electrons. The second-order valence-corrected chi connectivity index (χ2v) is 8.09. The van der Waals surface area contributed by atoms with Crippen LogP contribution in [0, 0.1) is 13.8 Å². The van der Waals surface area contributed by atoms with Crippen molar-refractivity contribution in [2.24, 2.45) is 9.98 Å². The van der Waals surface area contributed by atoms with Crippen LogP contribution in [0.2, 0.25) is 0 Å². The number of aliphatic imine (C=N–C) groups is 2. The van der Waals surface area contributed by atoms with E-state index in [1.807, 2.05) is 48.8 Å². The molecule has 0 atom stereocenters. The molecule has 4 aromatic carbocycles. The van der Waals surface area contributed by atoms with E-state index in [2.05, 4.69) is 78.4 Å². The van der Waals surface area contributed by atoms with Crippen molar-refractivity contribution in [3.05, 3.63) is 113 Å². The first-order chi connectivity index (χ1) is 15.6. The van der Waals surface area contributed by atoms with Gasteiger partial charge in [0, 0.05) is 23.2 Å². The number of aryl methyl sites for hydroxylation is 2. The molecule has 32 heavy (non-hydrogen) atoms. The number of nitrogens with zero attached hydrogens (tertiary/aromatic N) is 3. The maximum atomic E-state index is 4.89. The second kappa shape index (κ2) is 8.56. The average molecular weight is 414 g/mol. The molecule has 0 saturated carbocycles. The zero-order valence-corrected chi connectivity index (χ0v) is 18.2. The Morgan fingerprint density at radius 3 is 1.53 bits per heavy atom. The molecule has 0 aliphatic heterocycles. The van der Waals surface area contributed by atoms with Crippen molar-refractivity contribution < 1.29 is 0 Å². The van der Waals surface area contributed by atoms with Crippen LogP contribution in [0.4, 0.5) is 11.4 Å². The van der Waals surface area contributed by atoms with Crippen molar-refractivity contribution in [3.63, 3.8) is 0 Å². The van der Waals surface area contributed by atoms with Crippen LogP contribution in [0.1, 0.15) is 22.3 Å². The van der Waals surface area contributed by atoms with Gasteiger partial charge in [0.1, 0.15) is 0 Å². The van der Waals surface area contributed by atoms with Crippen molar-refractivity contribution in [1.29, 1.82) is 0 Å². The van der Waals surface area contributed by atoms with Crippen LogP contribution in [0.15, 0.2) is 101 Å². The minimum absolute atomic E-state index is 0.888. The van der Waals surface area contributed by atoms with Gasteiger partial charge >= 0.3 is 0 Å². The molecule has 0 saturated heterocycles. The fourth-order valence-electron chi connectivity index (χ4n) is 3.76. The standard InChI is InChI=1S/C29H23N3/c1-20-5-3-7-22(13-20)18-30-26-11-9-24-15-25-10-12-27(17-29(25)32-28(24)16-26)31-19-23-8-4-6-21(2)14-23/h3-19H,1-2H3. The van der Waals surface area contributed by atoms with Gasteiger partial charge < -0.3 is 0 Å². The van der Waals surface area contributed by atoms with Crippen molar-refractivity contribution in [2.45, 2.75) is 13.8 Å². The first kappa shape index (κ1) is 19.8. The zero-order valence-electron chi connectivity index (χ0n) is 18.2. The van der Waals surface area contributed by atoms with Crippen molar-refractivity contribution in [2.75, 3.05) is 0 Å². The van der Waals surface area contributed by atoms with Gasteiger partial charge in [-0.15, -0.1) is 0 Å². The van der Waals surface area contributed by atoms with Gasteiger partial charge in [0.2, 0.25) is 0 Å². The second-order valence-electron chi connectivity index (χ2n) is 8.09. The summed E-state index contributed by atoms with van der Waals surface area (Å²) in [5.41, 5.74) is 8.26. The summed E-state index contributed by atoms with van der Waals surface area (Å²) in [6.07, 6.45) is 3.79. The summed E-state index contributed by atoms with van der Waals surface area (Å²) in [6.45, 7) is 4.17. The minimum Gasteiger partial charge on any atom is -0.256 e. The predicted octanol–water partition coefficient (Wildman–Crippen LogP) is 7.51. The van der Waals surface area contributed by atoms with E-state index in [4.69, 9.17) is 4.98 Å². The third-order valence-electron chi connectivity index (χ3n) is 5.39. The van der Waals surface area contributed by atoms with Crippen LogP contribution < -0.4 is 0 Å². The first-order valence-electron chi connectivity index (χ1n) is 10.7. The Bertz CT molecular complexity index is 1390. The lowest BCUT2D eigenvalue weighted by Crippen LogP contribution is -1.84. The smallest absolute Gasteiger partial charge is 0.0731 e. The molecule has 5 aromatic rings. The van der Waals surface area contributed by atoms with Gasteiger partial charge in [0.25, 0.3) is 0 Å². The van der Waals surface area contributed by atoms with Crippen LogP contribution >= 0.6 is 0 Å². The number of aromatic nitrogens is 1. The molecule has 0 bridgehead atoms. The summed E-state index contributed by atoms with van der Waals surface area (Å²) < 4.78 is 0. The highest BCUT2D eigenvalue weighted by molar-refractivity contribution is 5.95. The van der Waals surface area contributed by atoms with Crippen LogP contribution in [0.25, 0.3) is 21.8 Å². The fourth-order valence-corrected chi connectivity index (χ4v) is 3.76. The molecule has 3 heteroatoms. The van der Waals surface area contributed by atoms with E-state index in [1.165, 1.54) is 11.1 Å². The Morgan fingerprint density at radius 1 is 0.562 bits per heavy atom. The van der Waals surface area contributed by atoms with Crippen LogP contribution in [-0.2, 0) is 0 Å². The van der Waals surface area contributed by atoms with Crippen molar-refractivity contribution in [3.8, 4) is 0 Å². The Balaban J connectivity index is 1.46. The average Bonchev–Trinajstić information content (AvgIpc) is 2.80. The lowest BCUT2D eigenvalue weighted by Gasteiger charge is -2.04.